The van der Waals surface area contributed by atoms with Crippen molar-refractivity contribution in [2.24, 2.45) is 0 Å². The lowest BCUT2D eigenvalue weighted by Crippen LogP contribution is -1.86. The van der Waals surface area contributed by atoms with Crippen LogP contribution in [0.25, 0.3) is 0 Å². The van der Waals surface area contributed by atoms with Crippen LogP contribution < -0.4 is 11.1 Å². The highest BCUT2D eigenvalue weighted by molar-refractivity contribution is 7.08. The molecule has 62 valence electrons. The maximum absolute atomic E-state index is 5.23. The number of nitrogens with one attached hydrogen (secondary N) is 1. The van der Waals surface area contributed by atoms with E-state index in [1.807, 2.05) is 16.8 Å². The van der Waals surface area contributed by atoms with Gasteiger partial charge in [-0.15, -0.1) is 0 Å². The van der Waals surface area contributed by atoms with Gasteiger partial charge in [-0.3, -0.25) is 0 Å². The average Bonchev–Trinajstić information content (AvgIpc) is 2.63. The van der Waals surface area contributed by atoms with Crippen molar-refractivity contribution in [3.05, 3.63) is 16.8 Å². The number of nitrogens with zero attached hydrogens (tertiary/aromatic N) is 2. The van der Waals surface area contributed by atoms with Gasteiger partial charge >= 0.3 is 12.0 Å². The topological polar surface area (TPSA) is 77.0 Å². The third-order valence-corrected chi connectivity index (χ3v) is 1.90. The largest absolute Gasteiger partial charge is 0.389 e. The second-order valence-corrected chi connectivity index (χ2v) is 2.86. The molecule has 2 aromatic rings. The standard InChI is InChI=1S/C6H6N4OS/c7-5-9-10-6(11-5)8-4-1-2-12-3-4/h1-3H,(H2,7,9)(H,8,10). The molecule has 2 heterocycles. The molecule has 12 heavy (non-hydrogen) atoms. The van der Waals surface area contributed by atoms with Crippen molar-refractivity contribution < 1.29 is 4.42 Å². The lowest BCUT2D eigenvalue weighted by atomic mass is 10.5. The number of nitrogen functional groups attached to an aromatic ring is 1. The molecule has 0 aliphatic carbocycles. The molecule has 0 spiro atoms. The van der Waals surface area contributed by atoms with E-state index in [0.29, 0.717) is 6.01 Å². The van der Waals surface area contributed by atoms with Crippen LogP contribution in [0.15, 0.2) is 21.2 Å². The van der Waals surface area contributed by atoms with Crippen LogP contribution in [0.1, 0.15) is 0 Å². The van der Waals surface area contributed by atoms with Gasteiger partial charge in [0.05, 0.1) is 5.69 Å². The Bertz CT molecular complexity index is 355. The molecular formula is C6H6N4OS. The Hall–Kier alpha value is -1.56. The Morgan fingerprint density at radius 3 is 3.00 bits per heavy atom. The van der Waals surface area contributed by atoms with E-state index in [1.54, 1.807) is 11.3 Å². The molecule has 3 N–H and O–H groups in total. The Kier molecular flexibility index (Phi) is 1.67. The molecule has 0 aliphatic heterocycles. The lowest BCUT2D eigenvalue weighted by molar-refractivity contribution is 0.593. The number of hydrogen-bond donors (Lipinski definition) is 2. The quantitative estimate of drug-likeness (QED) is 0.735. The minimum atomic E-state index is 0.0627. The predicted molar refractivity (Wildman–Crippen MR) is 46.3 cm³/mol. The van der Waals surface area contributed by atoms with Crippen LogP contribution in [0, 0.1) is 0 Å². The van der Waals surface area contributed by atoms with Gasteiger partial charge in [0.15, 0.2) is 0 Å². The first-order chi connectivity index (χ1) is 5.84. The molecular weight excluding hydrogens is 176 g/mol. The summed E-state index contributed by atoms with van der Waals surface area (Å²) in [5.41, 5.74) is 6.15. The van der Waals surface area contributed by atoms with Crippen molar-refractivity contribution in [1.82, 2.24) is 10.2 Å². The fourth-order valence-electron chi connectivity index (χ4n) is 0.744. The van der Waals surface area contributed by atoms with E-state index in [1.165, 1.54) is 0 Å². The molecule has 0 radical (unpaired) electrons. The van der Waals surface area contributed by atoms with E-state index in [4.69, 9.17) is 10.2 Å². The summed E-state index contributed by atoms with van der Waals surface area (Å²) >= 11 is 1.58. The van der Waals surface area contributed by atoms with Crippen molar-refractivity contribution in [1.29, 1.82) is 0 Å². The summed E-state index contributed by atoms with van der Waals surface area (Å²) < 4.78 is 4.91. The minimum absolute atomic E-state index is 0.0627. The Morgan fingerprint density at radius 2 is 2.42 bits per heavy atom. The summed E-state index contributed by atoms with van der Waals surface area (Å²) in [6, 6.07) is 2.28. The maximum atomic E-state index is 5.23. The Balaban J connectivity index is 2.14. The highest BCUT2D eigenvalue weighted by Crippen LogP contribution is 2.17. The molecule has 0 atom stereocenters. The summed E-state index contributed by atoms with van der Waals surface area (Å²) in [5.74, 6) is 0. The highest BCUT2D eigenvalue weighted by Gasteiger charge is 2.01. The zero-order chi connectivity index (χ0) is 8.39. The molecule has 0 bridgehead atoms. The summed E-state index contributed by atoms with van der Waals surface area (Å²) in [5, 5.41) is 13.9. The Labute approximate surface area is 72.2 Å². The summed E-state index contributed by atoms with van der Waals surface area (Å²) in [6.07, 6.45) is 0. The first-order valence-corrected chi connectivity index (χ1v) is 4.17. The first kappa shape index (κ1) is 7.11. The average molecular weight is 182 g/mol. The third kappa shape index (κ3) is 1.37. The minimum Gasteiger partial charge on any atom is -0.389 e. The lowest BCUT2D eigenvalue weighted by Gasteiger charge is -1.93. The van der Waals surface area contributed by atoms with Gasteiger partial charge in [-0.05, 0) is 11.4 Å². The van der Waals surface area contributed by atoms with Crippen molar-refractivity contribution in [2.45, 2.75) is 0 Å². The van der Waals surface area contributed by atoms with Crippen LogP contribution in [0.4, 0.5) is 17.7 Å². The van der Waals surface area contributed by atoms with Gasteiger partial charge in [0, 0.05) is 5.38 Å². The van der Waals surface area contributed by atoms with Crippen molar-refractivity contribution in [3.8, 4) is 0 Å². The van der Waals surface area contributed by atoms with Gasteiger partial charge in [0.2, 0.25) is 0 Å². The van der Waals surface area contributed by atoms with Crippen LogP contribution >= 0.6 is 11.3 Å². The van der Waals surface area contributed by atoms with Gasteiger partial charge in [0.1, 0.15) is 0 Å². The smallest absolute Gasteiger partial charge is 0.321 e. The monoisotopic (exact) mass is 182 g/mol. The first-order valence-electron chi connectivity index (χ1n) is 3.23. The predicted octanol–water partition coefficient (Wildman–Crippen LogP) is 1.46. The summed E-state index contributed by atoms with van der Waals surface area (Å²) in [6.45, 7) is 0. The van der Waals surface area contributed by atoms with E-state index in [2.05, 4.69) is 15.5 Å². The van der Waals surface area contributed by atoms with Crippen LogP contribution in [-0.4, -0.2) is 10.2 Å². The van der Waals surface area contributed by atoms with E-state index in [9.17, 15) is 0 Å². The van der Waals surface area contributed by atoms with Crippen LogP contribution in [0.5, 0.6) is 0 Å². The van der Waals surface area contributed by atoms with E-state index in [-0.39, 0.29) is 6.01 Å². The van der Waals surface area contributed by atoms with Gasteiger partial charge in [-0.1, -0.05) is 10.2 Å². The van der Waals surface area contributed by atoms with Gasteiger partial charge < -0.3 is 15.5 Å². The Morgan fingerprint density at radius 1 is 1.50 bits per heavy atom. The zero-order valence-electron chi connectivity index (χ0n) is 6.02. The molecule has 0 unspecified atom stereocenters. The van der Waals surface area contributed by atoms with Crippen LogP contribution in [-0.2, 0) is 0 Å². The van der Waals surface area contributed by atoms with Crippen molar-refractivity contribution in [3.63, 3.8) is 0 Å². The third-order valence-electron chi connectivity index (χ3n) is 1.21. The van der Waals surface area contributed by atoms with Gasteiger partial charge in [-0.25, -0.2) is 0 Å². The summed E-state index contributed by atoms with van der Waals surface area (Å²) in [4.78, 5) is 0. The summed E-state index contributed by atoms with van der Waals surface area (Å²) in [7, 11) is 0. The molecule has 5 nitrogen and oxygen atoms in total. The molecule has 2 aromatic heterocycles. The molecule has 0 fully saturated rings. The fraction of sp³-hybridized carbons (Fsp3) is 0. The maximum Gasteiger partial charge on any atom is 0.321 e. The molecule has 2 rings (SSSR count). The number of thiophene rings is 1. The van der Waals surface area contributed by atoms with Crippen LogP contribution in [0.2, 0.25) is 0 Å². The molecule has 0 saturated carbocycles. The fourth-order valence-corrected chi connectivity index (χ4v) is 1.33. The van der Waals surface area contributed by atoms with Crippen molar-refractivity contribution >= 4 is 29.1 Å². The molecule has 0 aromatic carbocycles. The number of aromatic nitrogens is 2. The SMILES string of the molecule is Nc1nnc(Nc2ccsc2)o1. The molecule has 6 heteroatoms. The zero-order valence-corrected chi connectivity index (χ0v) is 6.84. The molecule has 0 amide bonds. The number of anilines is 3. The second kappa shape index (κ2) is 2.82. The van der Waals surface area contributed by atoms with E-state index >= 15 is 0 Å². The van der Waals surface area contributed by atoms with E-state index < -0.39 is 0 Å². The number of hydrogen-bond acceptors (Lipinski definition) is 6. The van der Waals surface area contributed by atoms with E-state index in [0.717, 1.165) is 5.69 Å². The normalized spacial score (nSPS) is 10.0. The van der Waals surface area contributed by atoms with Crippen LogP contribution in [0.3, 0.4) is 0 Å². The second-order valence-electron chi connectivity index (χ2n) is 2.08. The highest BCUT2D eigenvalue weighted by atomic mass is 32.1. The number of nitrogens with two attached hydrogens (primary N) is 1. The molecule has 0 aliphatic rings. The number of rotatable bonds is 2. The van der Waals surface area contributed by atoms with Gasteiger partial charge in [-0.2, -0.15) is 11.3 Å². The van der Waals surface area contributed by atoms with Crippen molar-refractivity contribution in [2.75, 3.05) is 11.1 Å². The van der Waals surface area contributed by atoms with Gasteiger partial charge in [0.25, 0.3) is 0 Å². The molecule has 0 saturated heterocycles.